The summed E-state index contributed by atoms with van der Waals surface area (Å²) in [6, 6.07) is 9.62. The van der Waals surface area contributed by atoms with E-state index in [-0.39, 0.29) is 18.7 Å². The van der Waals surface area contributed by atoms with E-state index in [0.717, 1.165) is 42.7 Å². The molecule has 33 heavy (non-hydrogen) atoms. The molecule has 1 aliphatic carbocycles. The van der Waals surface area contributed by atoms with Gasteiger partial charge in [0.05, 0.1) is 19.8 Å². The molecule has 178 valence electrons. The van der Waals surface area contributed by atoms with Crippen LogP contribution in [0.4, 0.5) is 0 Å². The molecule has 0 saturated heterocycles. The summed E-state index contributed by atoms with van der Waals surface area (Å²) in [5.74, 6) is 3.04. The first kappa shape index (κ1) is 23.1. The van der Waals surface area contributed by atoms with Crippen LogP contribution < -0.4 is 23.7 Å². The highest BCUT2D eigenvalue weighted by molar-refractivity contribution is 5.96. The standard InChI is InChI=1S/C26H33NO6/c1-4-29-23-14-19(15-24(30-5-2)25(23)31-6-3)26(28)27(20-9-7-8-10-20)16-18-11-12-21-22(13-18)33-17-32-21/h11-15,20H,4-10,16-17H2,1-3H3. The third-order valence-corrected chi connectivity index (χ3v) is 5.97. The minimum absolute atomic E-state index is 0.0375. The summed E-state index contributed by atoms with van der Waals surface area (Å²) >= 11 is 0. The maximum absolute atomic E-state index is 13.9. The molecule has 0 atom stereocenters. The van der Waals surface area contributed by atoms with Gasteiger partial charge < -0.3 is 28.6 Å². The third kappa shape index (κ3) is 5.13. The Balaban J connectivity index is 1.67. The van der Waals surface area contributed by atoms with Crippen molar-refractivity contribution >= 4 is 5.91 Å². The van der Waals surface area contributed by atoms with Crippen molar-refractivity contribution in [2.45, 2.75) is 59.0 Å². The SMILES string of the molecule is CCOc1cc(C(=O)N(Cc2ccc3c(c2)OCO3)C2CCCC2)cc(OCC)c1OCC. The quantitative estimate of drug-likeness (QED) is 0.491. The molecule has 0 aromatic heterocycles. The monoisotopic (exact) mass is 455 g/mol. The predicted octanol–water partition coefficient (Wildman–Crippen LogP) is 5.20. The number of carbonyl (C=O) groups is 1. The van der Waals surface area contributed by atoms with Gasteiger partial charge in [-0.3, -0.25) is 4.79 Å². The Morgan fingerprint density at radius 1 is 0.909 bits per heavy atom. The van der Waals surface area contributed by atoms with Crippen LogP contribution in [0, 0.1) is 0 Å². The number of nitrogens with zero attached hydrogens (tertiary/aromatic N) is 1. The molecule has 0 unspecified atom stereocenters. The van der Waals surface area contributed by atoms with Crippen LogP contribution in [0.2, 0.25) is 0 Å². The highest BCUT2D eigenvalue weighted by Gasteiger charge is 2.30. The van der Waals surface area contributed by atoms with Gasteiger partial charge in [0.25, 0.3) is 5.91 Å². The molecule has 1 saturated carbocycles. The van der Waals surface area contributed by atoms with Crippen LogP contribution in [0.15, 0.2) is 30.3 Å². The molecule has 2 aromatic carbocycles. The van der Waals surface area contributed by atoms with Gasteiger partial charge in [-0.2, -0.15) is 0 Å². The number of ether oxygens (including phenoxy) is 5. The van der Waals surface area contributed by atoms with E-state index in [9.17, 15) is 4.79 Å². The minimum atomic E-state index is -0.0375. The lowest BCUT2D eigenvalue weighted by atomic mass is 10.1. The predicted molar refractivity (Wildman–Crippen MR) is 125 cm³/mol. The van der Waals surface area contributed by atoms with E-state index in [1.54, 1.807) is 12.1 Å². The van der Waals surface area contributed by atoms with Crippen molar-refractivity contribution in [3.05, 3.63) is 41.5 Å². The van der Waals surface area contributed by atoms with E-state index in [4.69, 9.17) is 23.7 Å². The molecule has 4 rings (SSSR count). The van der Waals surface area contributed by atoms with E-state index >= 15 is 0 Å². The Morgan fingerprint density at radius 2 is 1.55 bits per heavy atom. The van der Waals surface area contributed by atoms with Gasteiger partial charge in [-0.05, 0) is 63.4 Å². The summed E-state index contributed by atoms with van der Waals surface area (Å²) in [7, 11) is 0. The topological polar surface area (TPSA) is 66.5 Å². The lowest BCUT2D eigenvalue weighted by Crippen LogP contribution is -2.38. The maximum Gasteiger partial charge on any atom is 0.254 e. The van der Waals surface area contributed by atoms with E-state index in [2.05, 4.69) is 0 Å². The molecule has 0 bridgehead atoms. The van der Waals surface area contributed by atoms with Crippen molar-refractivity contribution in [2.24, 2.45) is 0 Å². The van der Waals surface area contributed by atoms with Crippen LogP contribution >= 0.6 is 0 Å². The second kappa shape index (κ2) is 10.7. The molecule has 0 spiro atoms. The first-order chi connectivity index (χ1) is 16.1. The molecule has 2 aromatic rings. The van der Waals surface area contributed by atoms with Gasteiger partial charge in [-0.1, -0.05) is 18.9 Å². The summed E-state index contributed by atoms with van der Waals surface area (Å²) in [6.45, 7) is 7.88. The van der Waals surface area contributed by atoms with Gasteiger partial charge in [0.2, 0.25) is 12.5 Å². The number of rotatable bonds is 10. The fourth-order valence-electron chi connectivity index (χ4n) is 4.50. The van der Waals surface area contributed by atoms with Gasteiger partial charge in [0.15, 0.2) is 23.0 Å². The van der Waals surface area contributed by atoms with Gasteiger partial charge in [-0.25, -0.2) is 0 Å². The zero-order valence-electron chi connectivity index (χ0n) is 19.7. The van der Waals surface area contributed by atoms with Crippen molar-refractivity contribution in [1.29, 1.82) is 0 Å². The summed E-state index contributed by atoms with van der Waals surface area (Å²) in [5.41, 5.74) is 1.55. The second-order valence-electron chi connectivity index (χ2n) is 8.16. The van der Waals surface area contributed by atoms with Crippen LogP contribution in [-0.2, 0) is 6.54 Å². The zero-order chi connectivity index (χ0) is 23.2. The average Bonchev–Trinajstić information content (AvgIpc) is 3.51. The lowest BCUT2D eigenvalue weighted by Gasteiger charge is -2.30. The number of hydrogen-bond acceptors (Lipinski definition) is 6. The van der Waals surface area contributed by atoms with E-state index in [1.807, 2.05) is 43.9 Å². The van der Waals surface area contributed by atoms with Crippen molar-refractivity contribution in [3.63, 3.8) is 0 Å². The summed E-state index contributed by atoms with van der Waals surface area (Å²) in [5, 5.41) is 0. The Hall–Kier alpha value is -3.09. The van der Waals surface area contributed by atoms with Crippen LogP contribution in [0.5, 0.6) is 28.7 Å². The summed E-state index contributed by atoms with van der Waals surface area (Å²) in [4.78, 5) is 15.8. The van der Waals surface area contributed by atoms with Crippen LogP contribution in [0.1, 0.15) is 62.4 Å². The van der Waals surface area contributed by atoms with Crippen molar-refractivity contribution < 1.29 is 28.5 Å². The number of fused-ring (bicyclic) bond motifs is 1. The number of amides is 1. The molecule has 1 fully saturated rings. The summed E-state index contributed by atoms with van der Waals surface area (Å²) < 4.78 is 28.5. The van der Waals surface area contributed by atoms with E-state index in [0.29, 0.717) is 49.2 Å². The first-order valence-electron chi connectivity index (χ1n) is 11.9. The highest BCUT2D eigenvalue weighted by atomic mass is 16.7. The molecule has 0 radical (unpaired) electrons. The molecule has 0 N–H and O–H groups in total. The van der Waals surface area contributed by atoms with Gasteiger partial charge in [0, 0.05) is 18.2 Å². The number of benzene rings is 2. The fourth-order valence-corrected chi connectivity index (χ4v) is 4.50. The molecular weight excluding hydrogens is 422 g/mol. The summed E-state index contributed by atoms with van der Waals surface area (Å²) in [6.07, 6.45) is 4.27. The van der Waals surface area contributed by atoms with E-state index in [1.165, 1.54) is 0 Å². The Kier molecular flexibility index (Phi) is 7.47. The Morgan fingerprint density at radius 3 is 2.18 bits per heavy atom. The highest BCUT2D eigenvalue weighted by Crippen LogP contribution is 2.40. The van der Waals surface area contributed by atoms with Gasteiger partial charge >= 0.3 is 0 Å². The van der Waals surface area contributed by atoms with Crippen LogP contribution in [0.25, 0.3) is 0 Å². The fraction of sp³-hybridized carbons (Fsp3) is 0.500. The molecule has 7 heteroatoms. The number of carbonyl (C=O) groups excluding carboxylic acids is 1. The molecule has 1 aliphatic heterocycles. The van der Waals surface area contributed by atoms with Crippen molar-refractivity contribution in [3.8, 4) is 28.7 Å². The normalized spacial score (nSPS) is 14.9. The lowest BCUT2D eigenvalue weighted by molar-refractivity contribution is 0.0663. The number of hydrogen-bond donors (Lipinski definition) is 0. The molecule has 7 nitrogen and oxygen atoms in total. The average molecular weight is 456 g/mol. The van der Waals surface area contributed by atoms with Crippen LogP contribution in [0.3, 0.4) is 0 Å². The van der Waals surface area contributed by atoms with Crippen molar-refractivity contribution in [1.82, 2.24) is 4.90 Å². The largest absolute Gasteiger partial charge is 0.490 e. The Labute approximate surface area is 195 Å². The van der Waals surface area contributed by atoms with Crippen molar-refractivity contribution in [2.75, 3.05) is 26.6 Å². The molecular formula is C26H33NO6. The minimum Gasteiger partial charge on any atom is -0.490 e. The first-order valence-corrected chi connectivity index (χ1v) is 11.9. The van der Waals surface area contributed by atoms with Crippen LogP contribution in [-0.4, -0.2) is 43.5 Å². The molecule has 1 amide bonds. The molecule has 2 aliphatic rings. The Bertz CT molecular complexity index is 942. The smallest absolute Gasteiger partial charge is 0.254 e. The van der Waals surface area contributed by atoms with Gasteiger partial charge in [0.1, 0.15) is 0 Å². The maximum atomic E-state index is 13.9. The molecule has 1 heterocycles. The second-order valence-corrected chi connectivity index (χ2v) is 8.16. The zero-order valence-corrected chi connectivity index (χ0v) is 19.7. The van der Waals surface area contributed by atoms with E-state index < -0.39 is 0 Å². The third-order valence-electron chi connectivity index (χ3n) is 5.97. The van der Waals surface area contributed by atoms with Gasteiger partial charge in [-0.15, -0.1) is 0 Å².